The number of thioether (sulfide) groups is 1. The lowest BCUT2D eigenvalue weighted by atomic mass is 10.1. The van der Waals surface area contributed by atoms with Gasteiger partial charge in [-0.25, -0.2) is 0 Å². The van der Waals surface area contributed by atoms with Gasteiger partial charge in [-0.1, -0.05) is 30.8 Å². The second kappa shape index (κ2) is 8.68. The molecule has 1 atom stereocenters. The van der Waals surface area contributed by atoms with Gasteiger partial charge in [0.05, 0.1) is 18.4 Å². The number of anilines is 1. The number of hydrogen-bond acceptors (Lipinski definition) is 5. The number of rotatable bonds is 7. The molecule has 1 aromatic heterocycles. The molecule has 0 radical (unpaired) electrons. The molecule has 1 unspecified atom stereocenters. The molecule has 2 heterocycles. The first-order valence-corrected chi connectivity index (χ1v) is 10.1. The molecule has 1 aliphatic rings. The van der Waals surface area contributed by atoms with Crippen molar-refractivity contribution in [3.8, 4) is 0 Å². The van der Waals surface area contributed by atoms with Crippen LogP contribution in [-0.2, 0) is 22.5 Å². The zero-order chi connectivity index (χ0) is 18.5. The van der Waals surface area contributed by atoms with Gasteiger partial charge in [0.2, 0.25) is 5.91 Å². The molecule has 0 spiro atoms. The SMILES string of the molecule is CCc1nnc(SCC(=O)Nc2cccc(C)c2C)n1CC1CCCO1. The summed E-state index contributed by atoms with van der Waals surface area (Å²) in [4.78, 5) is 12.4. The Kier molecular flexibility index (Phi) is 6.32. The molecule has 1 aromatic carbocycles. The second-order valence-corrected chi connectivity index (χ2v) is 7.52. The van der Waals surface area contributed by atoms with Crippen LogP contribution in [0, 0.1) is 13.8 Å². The smallest absolute Gasteiger partial charge is 0.234 e. The number of benzene rings is 1. The molecule has 0 saturated carbocycles. The van der Waals surface area contributed by atoms with E-state index in [9.17, 15) is 4.79 Å². The van der Waals surface area contributed by atoms with Gasteiger partial charge in [0, 0.05) is 18.7 Å². The molecule has 0 aliphatic carbocycles. The molecular weight excluding hydrogens is 348 g/mol. The summed E-state index contributed by atoms with van der Waals surface area (Å²) in [5.41, 5.74) is 3.13. The molecule has 140 valence electrons. The van der Waals surface area contributed by atoms with Crippen LogP contribution < -0.4 is 5.32 Å². The van der Waals surface area contributed by atoms with Crippen LogP contribution in [0.2, 0.25) is 0 Å². The van der Waals surface area contributed by atoms with Crippen molar-refractivity contribution in [2.45, 2.75) is 57.8 Å². The van der Waals surface area contributed by atoms with Crippen LogP contribution in [0.3, 0.4) is 0 Å². The molecule has 1 saturated heterocycles. The van der Waals surface area contributed by atoms with Gasteiger partial charge in [-0.3, -0.25) is 4.79 Å². The van der Waals surface area contributed by atoms with Crippen molar-refractivity contribution in [3.05, 3.63) is 35.2 Å². The molecule has 3 rings (SSSR count). The molecule has 6 nitrogen and oxygen atoms in total. The number of amides is 1. The average Bonchev–Trinajstić information content (AvgIpc) is 3.27. The third-order valence-corrected chi connectivity index (χ3v) is 5.70. The highest BCUT2D eigenvalue weighted by atomic mass is 32.2. The van der Waals surface area contributed by atoms with Crippen LogP contribution in [0.5, 0.6) is 0 Å². The highest BCUT2D eigenvalue weighted by Crippen LogP contribution is 2.23. The highest BCUT2D eigenvalue weighted by Gasteiger charge is 2.21. The van der Waals surface area contributed by atoms with Gasteiger partial charge in [0.1, 0.15) is 5.82 Å². The van der Waals surface area contributed by atoms with E-state index in [1.165, 1.54) is 17.3 Å². The van der Waals surface area contributed by atoms with Gasteiger partial charge in [-0.2, -0.15) is 0 Å². The van der Waals surface area contributed by atoms with E-state index in [-0.39, 0.29) is 12.0 Å². The van der Waals surface area contributed by atoms with Crippen molar-refractivity contribution in [3.63, 3.8) is 0 Å². The number of hydrogen-bond donors (Lipinski definition) is 1. The lowest BCUT2D eigenvalue weighted by Crippen LogP contribution is -2.19. The summed E-state index contributed by atoms with van der Waals surface area (Å²) in [6.45, 7) is 7.72. The Morgan fingerprint density at radius 3 is 2.96 bits per heavy atom. The molecule has 2 aromatic rings. The predicted molar refractivity (Wildman–Crippen MR) is 104 cm³/mol. The fraction of sp³-hybridized carbons (Fsp3) is 0.526. The Hall–Kier alpha value is -1.86. The fourth-order valence-electron chi connectivity index (χ4n) is 3.07. The number of carbonyl (C=O) groups is 1. The van der Waals surface area contributed by atoms with Crippen LogP contribution in [0.1, 0.15) is 36.7 Å². The van der Waals surface area contributed by atoms with E-state index in [1.54, 1.807) is 0 Å². The van der Waals surface area contributed by atoms with Crippen molar-refractivity contribution in [2.24, 2.45) is 0 Å². The van der Waals surface area contributed by atoms with Crippen molar-refractivity contribution in [2.75, 3.05) is 17.7 Å². The van der Waals surface area contributed by atoms with E-state index in [1.807, 2.05) is 32.0 Å². The monoisotopic (exact) mass is 374 g/mol. The summed E-state index contributed by atoms with van der Waals surface area (Å²) in [6, 6.07) is 5.93. The molecule has 1 fully saturated rings. The number of nitrogens with zero attached hydrogens (tertiary/aromatic N) is 3. The Labute approximate surface area is 158 Å². The molecular formula is C19H26N4O2S. The van der Waals surface area contributed by atoms with Crippen LogP contribution in [0.25, 0.3) is 0 Å². The van der Waals surface area contributed by atoms with E-state index < -0.39 is 0 Å². The third kappa shape index (κ3) is 4.45. The summed E-state index contributed by atoms with van der Waals surface area (Å²) in [7, 11) is 0. The van der Waals surface area contributed by atoms with Gasteiger partial charge in [-0.05, 0) is 43.9 Å². The second-order valence-electron chi connectivity index (χ2n) is 6.58. The van der Waals surface area contributed by atoms with Crippen LogP contribution in [-0.4, -0.2) is 39.1 Å². The highest BCUT2D eigenvalue weighted by molar-refractivity contribution is 7.99. The molecule has 0 bridgehead atoms. The normalized spacial score (nSPS) is 16.8. The van der Waals surface area contributed by atoms with Gasteiger partial charge in [0.25, 0.3) is 0 Å². The van der Waals surface area contributed by atoms with Crippen LogP contribution >= 0.6 is 11.8 Å². The zero-order valence-corrected chi connectivity index (χ0v) is 16.4. The maximum Gasteiger partial charge on any atom is 0.234 e. The minimum Gasteiger partial charge on any atom is -0.376 e. The molecule has 1 aliphatic heterocycles. The first-order valence-electron chi connectivity index (χ1n) is 9.11. The van der Waals surface area contributed by atoms with Crippen LogP contribution in [0.15, 0.2) is 23.4 Å². The number of aryl methyl sites for hydroxylation is 2. The average molecular weight is 375 g/mol. The summed E-state index contributed by atoms with van der Waals surface area (Å²) >= 11 is 1.43. The van der Waals surface area contributed by atoms with E-state index in [2.05, 4.69) is 27.0 Å². The van der Waals surface area contributed by atoms with Gasteiger partial charge in [0.15, 0.2) is 5.16 Å². The molecule has 7 heteroatoms. The number of nitrogens with one attached hydrogen (secondary N) is 1. The zero-order valence-electron chi connectivity index (χ0n) is 15.6. The summed E-state index contributed by atoms with van der Waals surface area (Å²) in [5.74, 6) is 1.21. The Bertz CT molecular complexity index is 769. The third-order valence-electron chi connectivity index (χ3n) is 4.73. The molecule has 26 heavy (non-hydrogen) atoms. The lowest BCUT2D eigenvalue weighted by Gasteiger charge is -2.14. The minimum atomic E-state index is -0.0339. The van der Waals surface area contributed by atoms with E-state index in [4.69, 9.17) is 4.74 Å². The molecule has 1 amide bonds. The Balaban J connectivity index is 1.62. The Morgan fingerprint density at radius 1 is 1.38 bits per heavy atom. The first-order chi connectivity index (χ1) is 12.6. The predicted octanol–water partition coefficient (Wildman–Crippen LogP) is 3.37. The topological polar surface area (TPSA) is 69.0 Å². The lowest BCUT2D eigenvalue weighted by molar-refractivity contribution is -0.113. The van der Waals surface area contributed by atoms with Crippen molar-refractivity contribution in [1.82, 2.24) is 14.8 Å². The first kappa shape index (κ1) is 18.9. The largest absolute Gasteiger partial charge is 0.376 e. The fourth-order valence-corrected chi connectivity index (χ4v) is 3.83. The summed E-state index contributed by atoms with van der Waals surface area (Å²) in [6.07, 6.45) is 3.21. The number of carbonyl (C=O) groups excluding carboxylic acids is 1. The number of ether oxygens (including phenoxy) is 1. The van der Waals surface area contributed by atoms with E-state index in [0.29, 0.717) is 5.75 Å². The van der Waals surface area contributed by atoms with Crippen molar-refractivity contribution >= 4 is 23.4 Å². The minimum absolute atomic E-state index is 0.0339. The quantitative estimate of drug-likeness (QED) is 0.753. The number of aromatic nitrogens is 3. The van der Waals surface area contributed by atoms with Crippen LogP contribution in [0.4, 0.5) is 5.69 Å². The maximum absolute atomic E-state index is 12.4. The summed E-state index contributed by atoms with van der Waals surface area (Å²) < 4.78 is 7.85. The standard InChI is InChI=1S/C19H26N4O2S/c1-4-17-21-22-19(23(17)11-15-8-6-10-25-15)26-12-18(24)20-16-9-5-7-13(2)14(16)3/h5,7,9,15H,4,6,8,10-12H2,1-3H3,(H,20,24). The maximum atomic E-state index is 12.4. The summed E-state index contributed by atoms with van der Waals surface area (Å²) in [5, 5.41) is 12.3. The van der Waals surface area contributed by atoms with Crippen molar-refractivity contribution in [1.29, 1.82) is 0 Å². The van der Waals surface area contributed by atoms with Gasteiger partial charge < -0.3 is 14.6 Å². The van der Waals surface area contributed by atoms with E-state index in [0.717, 1.165) is 54.6 Å². The molecule has 1 N–H and O–H groups in total. The van der Waals surface area contributed by atoms with Crippen molar-refractivity contribution < 1.29 is 9.53 Å². The van der Waals surface area contributed by atoms with E-state index >= 15 is 0 Å². The van der Waals surface area contributed by atoms with Gasteiger partial charge >= 0.3 is 0 Å². The Morgan fingerprint density at radius 2 is 2.23 bits per heavy atom. The van der Waals surface area contributed by atoms with Gasteiger partial charge in [-0.15, -0.1) is 10.2 Å².